The van der Waals surface area contributed by atoms with Crippen LogP contribution in [0.25, 0.3) is 0 Å². The second kappa shape index (κ2) is 18.0. The third-order valence-corrected chi connectivity index (χ3v) is 5.75. The van der Waals surface area contributed by atoms with Gasteiger partial charge in [0.2, 0.25) is 5.91 Å². The van der Waals surface area contributed by atoms with Crippen LogP contribution in [0.5, 0.6) is 0 Å². The van der Waals surface area contributed by atoms with Crippen LogP contribution in [0.1, 0.15) is 71.6 Å². The average Bonchev–Trinajstić information content (AvgIpc) is 2.82. The number of amides is 1. The number of hydrogen-bond acceptors (Lipinski definition) is 8. The molecular formula is C25H45NO8. The van der Waals surface area contributed by atoms with Gasteiger partial charge in [-0.05, 0) is 32.1 Å². The number of carbonyl (C=O) groups is 1. The molecule has 1 fully saturated rings. The zero-order valence-electron chi connectivity index (χ0n) is 20.6. The van der Waals surface area contributed by atoms with Gasteiger partial charge >= 0.3 is 0 Å². The molecule has 6 N–H and O–H groups in total. The third kappa shape index (κ3) is 11.4. The maximum absolute atomic E-state index is 12.1. The highest BCUT2D eigenvalue weighted by molar-refractivity contribution is 5.76. The molecule has 0 spiro atoms. The number of nitrogens with one attached hydrogen (secondary N) is 1. The summed E-state index contributed by atoms with van der Waals surface area (Å²) in [6.45, 7) is 3.28. The van der Waals surface area contributed by atoms with Gasteiger partial charge in [0, 0.05) is 6.42 Å². The Morgan fingerprint density at radius 3 is 2.35 bits per heavy atom. The summed E-state index contributed by atoms with van der Waals surface area (Å²) in [5.74, 6) is -0.247. The van der Waals surface area contributed by atoms with Gasteiger partial charge in [0.05, 0.1) is 25.4 Å². The molecule has 1 aliphatic heterocycles. The van der Waals surface area contributed by atoms with Crippen LogP contribution in [0.3, 0.4) is 0 Å². The van der Waals surface area contributed by atoms with Crippen LogP contribution in [0.4, 0.5) is 0 Å². The molecule has 1 amide bonds. The summed E-state index contributed by atoms with van der Waals surface area (Å²) < 4.78 is 10.9. The molecule has 0 aromatic rings. The number of hydrogen-bond donors (Lipinski definition) is 6. The Balaban J connectivity index is 2.58. The zero-order valence-corrected chi connectivity index (χ0v) is 20.6. The summed E-state index contributed by atoms with van der Waals surface area (Å²) in [4.78, 5) is 12.1. The molecular weight excluding hydrogens is 442 g/mol. The lowest BCUT2D eigenvalue weighted by Crippen LogP contribution is -2.60. The van der Waals surface area contributed by atoms with Crippen molar-refractivity contribution in [3.63, 3.8) is 0 Å². The molecule has 1 rings (SSSR count). The molecule has 0 aliphatic carbocycles. The van der Waals surface area contributed by atoms with Crippen molar-refractivity contribution in [2.24, 2.45) is 0 Å². The number of ether oxygens (including phenoxy) is 2. The average molecular weight is 488 g/mol. The Morgan fingerprint density at radius 1 is 0.971 bits per heavy atom. The van der Waals surface area contributed by atoms with Crippen LogP contribution in [0.2, 0.25) is 0 Å². The Morgan fingerprint density at radius 2 is 1.68 bits per heavy atom. The van der Waals surface area contributed by atoms with Crippen molar-refractivity contribution in [3.8, 4) is 0 Å². The number of aliphatic hydroxyl groups is 5. The van der Waals surface area contributed by atoms with Crippen LogP contribution < -0.4 is 5.32 Å². The van der Waals surface area contributed by atoms with Crippen LogP contribution in [-0.2, 0) is 14.3 Å². The minimum absolute atomic E-state index is 0.207. The van der Waals surface area contributed by atoms with E-state index in [2.05, 4.69) is 24.4 Å². The van der Waals surface area contributed by atoms with E-state index >= 15 is 0 Å². The first-order chi connectivity index (χ1) is 16.3. The van der Waals surface area contributed by atoms with E-state index in [1.807, 2.05) is 13.0 Å². The van der Waals surface area contributed by atoms with Gasteiger partial charge in [-0.25, -0.2) is 0 Å². The van der Waals surface area contributed by atoms with Crippen LogP contribution in [0.15, 0.2) is 24.3 Å². The monoisotopic (exact) mass is 487 g/mol. The van der Waals surface area contributed by atoms with E-state index in [0.29, 0.717) is 6.42 Å². The first-order valence-electron chi connectivity index (χ1n) is 12.6. The largest absolute Gasteiger partial charge is 0.394 e. The molecule has 0 aromatic heterocycles. The molecule has 1 heterocycles. The zero-order chi connectivity index (χ0) is 25.3. The molecule has 7 atom stereocenters. The Labute approximate surface area is 203 Å². The van der Waals surface area contributed by atoms with E-state index in [1.54, 1.807) is 6.08 Å². The van der Waals surface area contributed by atoms with E-state index in [9.17, 15) is 30.3 Å². The second-order valence-corrected chi connectivity index (χ2v) is 8.77. The fourth-order valence-corrected chi connectivity index (χ4v) is 3.62. The van der Waals surface area contributed by atoms with Crippen molar-refractivity contribution in [2.75, 3.05) is 13.2 Å². The molecule has 1 saturated heterocycles. The molecule has 7 unspecified atom stereocenters. The minimum Gasteiger partial charge on any atom is -0.394 e. The van der Waals surface area contributed by atoms with E-state index in [0.717, 1.165) is 19.3 Å². The van der Waals surface area contributed by atoms with Gasteiger partial charge in [0.1, 0.15) is 24.4 Å². The summed E-state index contributed by atoms with van der Waals surface area (Å²) in [7, 11) is 0. The van der Waals surface area contributed by atoms with Gasteiger partial charge in [-0.2, -0.15) is 0 Å². The topological polar surface area (TPSA) is 149 Å². The van der Waals surface area contributed by atoms with Crippen LogP contribution >= 0.6 is 0 Å². The highest BCUT2D eigenvalue weighted by Crippen LogP contribution is 2.22. The maximum Gasteiger partial charge on any atom is 0.220 e. The van der Waals surface area contributed by atoms with Crippen molar-refractivity contribution < 1.29 is 39.8 Å². The molecule has 0 saturated carbocycles. The SMILES string of the molecule is CCCCCC/C=C/CC/C=C/C(O)C(COC1OC(CO)C(O)C(O)C1O)NC(=O)CCC. The molecule has 0 bridgehead atoms. The highest BCUT2D eigenvalue weighted by Gasteiger charge is 2.44. The smallest absolute Gasteiger partial charge is 0.220 e. The van der Waals surface area contributed by atoms with Crippen molar-refractivity contribution in [1.29, 1.82) is 0 Å². The number of rotatable bonds is 17. The molecule has 0 aromatic carbocycles. The van der Waals surface area contributed by atoms with Gasteiger partial charge in [-0.3, -0.25) is 4.79 Å². The Bertz CT molecular complexity index is 597. The lowest BCUT2D eigenvalue weighted by molar-refractivity contribution is -0.302. The molecule has 34 heavy (non-hydrogen) atoms. The van der Waals surface area contributed by atoms with Gasteiger partial charge < -0.3 is 40.3 Å². The molecule has 9 heteroatoms. The van der Waals surface area contributed by atoms with E-state index in [-0.39, 0.29) is 18.9 Å². The number of unbranched alkanes of at least 4 members (excludes halogenated alkanes) is 5. The highest BCUT2D eigenvalue weighted by atomic mass is 16.7. The van der Waals surface area contributed by atoms with Crippen LogP contribution in [-0.4, -0.2) is 87.5 Å². The van der Waals surface area contributed by atoms with E-state index in [1.165, 1.54) is 25.7 Å². The predicted octanol–water partition coefficient (Wildman–Crippen LogP) is 1.31. The lowest BCUT2D eigenvalue weighted by atomic mass is 9.99. The number of allylic oxidation sites excluding steroid dienone is 3. The molecule has 1 aliphatic rings. The van der Waals surface area contributed by atoms with Gasteiger partial charge in [0.15, 0.2) is 6.29 Å². The number of aliphatic hydroxyl groups excluding tert-OH is 5. The summed E-state index contributed by atoms with van der Waals surface area (Å²) in [6, 6.07) is -0.809. The van der Waals surface area contributed by atoms with Crippen molar-refractivity contribution in [3.05, 3.63) is 24.3 Å². The fourth-order valence-electron chi connectivity index (χ4n) is 3.62. The summed E-state index contributed by atoms with van der Waals surface area (Å²) in [5, 5.41) is 52.6. The molecule has 0 radical (unpaired) electrons. The first-order valence-corrected chi connectivity index (χ1v) is 12.6. The van der Waals surface area contributed by atoms with Crippen molar-refractivity contribution in [1.82, 2.24) is 5.32 Å². The summed E-state index contributed by atoms with van der Waals surface area (Å²) in [6.07, 6.45) is 8.24. The molecule has 9 nitrogen and oxygen atoms in total. The summed E-state index contributed by atoms with van der Waals surface area (Å²) in [5.41, 5.74) is 0. The van der Waals surface area contributed by atoms with Gasteiger partial charge in [0.25, 0.3) is 0 Å². The lowest BCUT2D eigenvalue weighted by Gasteiger charge is -2.40. The predicted molar refractivity (Wildman–Crippen MR) is 129 cm³/mol. The van der Waals surface area contributed by atoms with Gasteiger partial charge in [-0.15, -0.1) is 0 Å². The Hall–Kier alpha value is -1.33. The maximum atomic E-state index is 12.1. The standard InChI is InChI=1S/C25H45NO8/c1-3-5-6-7-8-9-10-11-12-13-15-19(28)18(26-21(29)14-4-2)17-33-25-24(32)23(31)22(30)20(16-27)34-25/h9-10,13,15,18-20,22-25,27-28,30-32H,3-8,11-12,14,16-17H2,1-2H3,(H,26,29)/b10-9+,15-13+. The molecule has 198 valence electrons. The van der Waals surface area contributed by atoms with Crippen molar-refractivity contribution in [2.45, 2.75) is 114 Å². The summed E-state index contributed by atoms with van der Waals surface area (Å²) >= 11 is 0. The normalized spacial score (nSPS) is 27.3. The van der Waals surface area contributed by atoms with Crippen molar-refractivity contribution >= 4 is 5.91 Å². The van der Waals surface area contributed by atoms with E-state index in [4.69, 9.17) is 9.47 Å². The third-order valence-electron chi connectivity index (χ3n) is 5.75. The van der Waals surface area contributed by atoms with Gasteiger partial charge in [-0.1, -0.05) is 57.4 Å². The number of carbonyl (C=O) groups excluding carboxylic acids is 1. The first kappa shape index (κ1) is 30.7. The second-order valence-electron chi connectivity index (χ2n) is 8.77. The van der Waals surface area contributed by atoms with Crippen LogP contribution in [0, 0.1) is 0 Å². The minimum atomic E-state index is -1.56. The quantitative estimate of drug-likeness (QED) is 0.133. The Kier molecular flexibility index (Phi) is 16.3. The fraction of sp³-hybridized carbons (Fsp3) is 0.800. The van der Waals surface area contributed by atoms with E-state index < -0.39 is 49.5 Å².